The SMILES string of the molecule is COCC(N)CNc1nccc(Nc2ccc(N(C)C)c(C)c2)n1. The Balaban J connectivity index is 2.02. The molecule has 0 aliphatic carbocycles. The van der Waals surface area contributed by atoms with Crippen molar-refractivity contribution in [1.29, 1.82) is 0 Å². The monoisotopic (exact) mass is 330 g/mol. The van der Waals surface area contributed by atoms with Crippen LogP contribution in [0.1, 0.15) is 5.56 Å². The average molecular weight is 330 g/mol. The van der Waals surface area contributed by atoms with E-state index in [0.717, 1.165) is 11.5 Å². The van der Waals surface area contributed by atoms with Crippen molar-refractivity contribution < 1.29 is 4.74 Å². The Labute approximate surface area is 143 Å². The quantitative estimate of drug-likeness (QED) is 0.682. The average Bonchev–Trinajstić information content (AvgIpc) is 2.53. The maximum absolute atomic E-state index is 5.89. The second-order valence-electron chi connectivity index (χ2n) is 5.88. The Morgan fingerprint density at radius 1 is 1.29 bits per heavy atom. The first-order valence-corrected chi connectivity index (χ1v) is 7.86. The molecule has 0 saturated heterocycles. The lowest BCUT2D eigenvalue weighted by molar-refractivity contribution is 0.183. The lowest BCUT2D eigenvalue weighted by Crippen LogP contribution is -2.33. The zero-order valence-electron chi connectivity index (χ0n) is 14.7. The number of aryl methyl sites for hydroxylation is 1. The third kappa shape index (κ3) is 5.07. The Morgan fingerprint density at radius 2 is 2.08 bits per heavy atom. The summed E-state index contributed by atoms with van der Waals surface area (Å²) in [4.78, 5) is 10.7. The second-order valence-corrected chi connectivity index (χ2v) is 5.88. The number of nitrogens with two attached hydrogens (primary N) is 1. The summed E-state index contributed by atoms with van der Waals surface area (Å²) in [5, 5.41) is 6.42. The molecule has 24 heavy (non-hydrogen) atoms. The van der Waals surface area contributed by atoms with Crippen LogP contribution in [-0.4, -0.2) is 50.4 Å². The third-order valence-corrected chi connectivity index (χ3v) is 3.51. The Hall–Kier alpha value is -2.38. The summed E-state index contributed by atoms with van der Waals surface area (Å²) < 4.78 is 5.01. The molecule has 0 aliphatic rings. The van der Waals surface area contributed by atoms with E-state index in [1.54, 1.807) is 13.3 Å². The van der Waals surface area contributed by atoms with E-state index in [1.807, 2.05) is 26.2 Å². The minimum Gasteiger partial charge on any atom is -0.383 e. The molecule has 0 aliphatic heterocycles. The molecule has 130 valence electrons. The van der Waals surface area contributed by atoms with Gasteiger partial charge < -0.3 is 26.0 Å². The number of aromatic nitrogens is 2. The molecular weight excluding hydrogens is 304 g/mol. The summed E-state index contributed by atoms with van der Waals surface area (Å²) in [5.74, 6) is 1.26. The lowest BCUT2D eigenvalue weighted by Gasteiger charge is -2.17. The number of hydrogen-bond acceptors (Lipinski definition) is 7. The van der Waals surface area contributed by atoms with E-state index >= 15 is 0 Å². The van der Waals surface area contributed by atoms with Gasteiger partial charge in [-0.1, -0.05) is 0 Å². The van der Waals surface area contributed by atoms with Crippen LogP contribution in [-0.2, 0) is 4.74 Å². The highest BCUT2D eigenvalue weighted by Crippen LogP contribution is 2.23. The number of anilines is 4. The van der Waals surface area contributed by atoms with Gasteiger partial charge in [-0.15, -0.1) is 0 Å². The predicted molar refractivity (Wildman–Crippen MR) is 99.2 cm³/mol. The maximum atomic E-state index is 5.89. The van der Waals surface area contributed by atoms with E-state index in [1.165, 1.54) is 11.3 Å². The van der Waals surface area contributed by atoms with Crippen molar-refractivity contribution in [2.45, 2.75) is 13.0 Å². The largest absolute Gasteiger partial charge is 0.383 e. The number of ether oxygens (including phenoxy) is 1. The molecule has 0 spiro atoms. The second kappa shape index (κ2) is 8.47. The van der Waals surface area contributed by atoms with Crippen LogP contribution in [0.5, 0.6) is 0 Å². The van der Waals surface area contributed by atoms with E-state index < -0.39 is 0 Å². The Bertz CT molecular complexity index is 661. The number of benzene rings is 1. The van der Waals surface area contributed by atoms with Crippen LogP contribution in [0.2, 0.25) is 0 Å². The topological polar surface area (TPSA) is 88.3 Å². The van der Waals surface area contributed by atoms with Gasteiger partial charge in [-0.25, -0.2) is 4.98 Å². The molecule has 7 heteroatoms. The van der Waals surface area contributed by atoms with Gasteiger partial charge in [0.15, 0.2) is 0 Å². The van der Waals surface area contributed by atoms with E-state index in [2.05, 4.69) is 44.6 Å². The van der Waals surface area contributed by atoms with Crippen molar-refractivity contribution in [3.8, 4) is 0 Å². The maximum Gasteiger partial charge on any atom is 0.224 e. The summed E-state index contributed by atoms with van der Waals surface area (Å²) in [6, 6.07) is 7.94. The number of rotatable bonds is 8. The number of nitrogens with one attached hydrogen (secondary N) is 2. The zero-order valence-corrected chi connectivity index (χ0v) is 14.7. The fraction of sp³-hybridized carbons (Fsp3) is 0.412. The summed E-state index contributed by atoms with van der Waals surface area (Å²) in [6.45, 7) is 3.13. The van der Waals surface area contributed by atoms with Crippen molar-refractivity contribution in [1.82, 2.24) is 9.97 Å². The zero-order chi connectivity index (χ0) is 17.5. The van der Waals surface area contributed by atoms with Crippen LogP contribution in [0.25, 0.3) is 0 Å². The summed E-state index contributed by atoms with van der Waals surface area (Å²) >= 11 is 0. The Kier molecular flexibility index (Phi) is 6.34. The predicted octanol–water partition coefficient (Wildman–Crippen LogP) is 1.98. The van der Waals surface area contributed by atoms with Gasteiger partial charge in [-0.2, -0.15) is 4.98 Å². The first-order chi connectivity index (χ1) is 11.5. The van der Waals surface area contributed by atoms with Crippen molar-refractivity contribution in [3.63, 3.8) is 0 Å². The summed E-state index contributed by atoms with van der Waals surface area (Å²) in [6.07, 6.45) is 1.71. The van der Waals surface area contributed by atoms with Crippen LogP contribution < -0.4 is 21.3 Å². The van der Waals surface area contributed by atoms with E-state index in [4.69, 9.17) is 10.5 Å². The van der Waals surface area contributed by atoms with Crippen LogP contribution >= 0.6 is 0 Å². The van der Waals surface area contributed by atoms with Gasteiger partial charge in [0.2, 0.25) is 5.95 Å². The fourth-order valence-corrected chi connectivity index (χ4v) is 2.39. The van der Waals surface area contributed by atoms with Gasteiger partial charge in [0.1, 0.15) is 5.82 Å². The molecule has 0 fully saturated rings. The molecule has 0 radical (unpaired) electrons. The van der Waals surface area contributed by atoms with Crippen LogP contribution in [0.3, 0.4) is 0 Å². The standard InChI is InChI=1S/C17H26N6O/c1-12-9-14(5-6-15(12)23(2)3)21-16-7-8-19-17(22-16)20-10-13(18)11-24-4/h5-9,13H,10-11,18H2,1-4H3,(H2,19,20,21,22). The summed E-state index contributed by atoms with van der Waals surface area (Å²) in [7, 11) is 5.70. The number of methoxy groups -OCH3 is 1. The third-order valence-electron chi connectivity index (χ3n) is 3.51. The van der Waals surface area contributed by atoms with E-state index in [-0.39, 0.29) is 6.04 Å². The molecule has 2 aromatic rings. The molecule has 4 N–H and O–H groups in total. The molecular formula is C17H26N6O. The minimum absolute atomic E-state index is 0.101. The van der Waals surface area contributed by atoms with Crippen molar-refractivity contribution in [3.05, 3.63) is 36.0 Å². The molecule has 0 bridgehead atoms. The van der Waals surface area contributed by atoms with Gasteiger partial charge in [-0.05, 0) is 36.8 Å². The van der Waals surface area contributed by atoms with Gasteiger partial charge >= 0.3 is 0 Å². The highest BCUT2D eigenvalue weighted by atomic mass is 16.5. The molecule has 7 nitrogen and oxygen atoms in total. The molecule has 0 saturated carbocycles. The smallest absolute Gasteiger partial charge is 0.224 e. The Morgan fingerprint density at radius 3 is 2.75 bits per heavy atom. The number of hydrogen-bond donors (Lipinski definition) is 3. The van der Waals surface area contributed by atoms with Gasteiger partial charge in [0.25, 0.3) is 0 Å². The molecule has 1 heterocycles. The van der Waals surface area contributed by atoms with Crippen LogP contribution in [0, 0.1) is 6.92 Å². The first-order valence-electron chi connectivity index (χ1n) is 7.86. The van der Waals surface area contributed by atoms with Crippen molar-refractivity contribution in [2.75, 3.05) is 49.9 Å². The van der Waals surface area contributed by atoms with Crippen LogP contribution in [0.4, 0.5) is 23.1 Å². The minimum atomic E-state index is -0.101. The normalized spacial score (nSPS) is 11.9. The summed E-state index contributed by atoms with van der Waals surface area (Å²) in [5.41, 5.74) is 9.26. The highest BCUT2D eigenvalue weighted by Gasteiger charge is 2.05. The molecule has 1 atom stereocenters. The number of nitrogens with zero attached hydrogens (tertiary/aromatic N) is 3. The van der Waals surface area contributed by atoms with E-state index in [9.17, 15) is 0 Å². The lowest BCUT2D eigenvalue weighted by atomic mass is 10.1. The highest BCUT2D eigenvalue weighted by molar-refractivity contribution is 5.64. The molecule has 0 amide bonds. The van der Waals surface area contributed by atoms with Crippen molar-refractivity contribution in [2.24, 2.45) is 5.73 Å². The molecule has 1 unspecified atom stereocenters. The van der Waals surface area contributed by atoms with Crippen molar-refractivity contribution >= 4 is 23.1 Å². The van der Waals surface area contributed by atoms with Gasteiger partial charge in [-0.3, -0.25) is 0 Å². The van der Waals surface area contributed by atoms with Gasteiger partial charge in [0.05, 0.1) is 6.61 Å². The van der Waals surface area contributed by atoms with Crippen LogP contribution in [0.15, 0.2) is 30.5 Å². The molecule has 1 aromatic carbocycles. The fourth-order valence-electron chi connectivity index (χ4n) is 2.39. The molecule has 1 aromatic heterocycles. The first kappa shape index (κ1) is 18.0. The van der Waals surface area contributed by atoms with E-state index in [0.29, 0.717) is 19.1 Å². The molecule has 2 rings (SSSR count). The van der Waals surface area contributed by atoms with Gasteiger partial charge in [0, 0.05) is 51.4 Å².